The number of esters is 1. The van der Waals surface area contributed by atoms with Gasteiger partial charge in [-0.1, -0.05) is 24.3 Å². The predicted molar refractivity (Wildman–Crippen MR) is 122 cm³/mol. The van der Waals surface area contributed by atoms with Crippen LogP contribution in [0.4, 0.5) is 4.39 Å². The summed E-state index contributed by atoms with van der Waals surface area (Å²) in [6.45, 7) is 2.00. The van der Waals surface area contributed by atoms with Crippen molar-refractivity contribution in [3.05, 3.63) is 60.2 Å². The Balaban J connectivity index is 1.39. The molecule has 2 heterocycles. The lowest BCUT2D eigenvalue weighted by Crippen LogP contribution is -2.44. The Morgan fingerprint density at radius 2 is 2.06 bits per heavy atom. The third kappa shape index (κ3) is 4.28. The van der Waals surface area contributed by atoms with E-state index in [2.05, 4.69) is 16.1 Å². The van der Waals surface area contributed by atoms with Gasteiger partial charge in [-0.25, -0.2) is 14.2 Å². The molecule has 0 amide bonds. The summed E-state index contributed by atoms with van der Waals surface area (Å²) in [5.74, 6) is 0.686. The minimum absolute atomic E-state index is 0.0109. The Labute approximate surface area is 192 Å². The molecule has 0 spiro atoms. The Morgan fingerprint density at radius 1 is 1.18 bits per heavy atom. The average molecular weight is 447 g/mol. The fourth-order valence-corrected chi connectivity index (χ4v) is 6.34. The minimum Gasteiger partial charge on any atom is -0.462 e. The number of cyclic esters (lactones) is 1. The Hall–Kier alpha value is -3.11. The van der Waals surface area contributed by atoms with E-state index >= 15 is 0 Å². The summed E-state index contributed by atoms with van der Waals surface area (Å²) in [4.78, 5) is 31.9. The number of aliphatic imine (C=N–C) groups is 1. The monoisotopic (exact) mass is 446 g/mol. The maximum atomic E-state index is 13.5. The van der Waals surface area contributed by atoms with E-state index in [1.165, 1.54) is 12.1 Å². The van der Waals surface area contributed by atoms with Gasteiger partial charge < -0.3 is 4.74 Å². The number of isocyanates is 1. The lowest BCUT2D eigenvalue weighted by molar-refractivity contribution is -0.144. The minimum atomic E-state index is -0.270. The summed E-state index contributed by atoms with van der Waals surface area (Å²) in [7, 11) is 0. The normalized spacial score (nSPS) is 33.2. The number of fused-ring (bicyclic) bond motifs is 2. The van der Waals surface area contributed by atoms with E-state index in [0.29, 0.717) is 11.8 Å². The highest BCUT2D eigenvalue weighted by Gasteiger charge is 2.54. The molecule has 3 fully saturated rings. The van der Waals surface area contributed by atoms with Crippen molar-refractivity contribution in [2.45, 2.75) is 44.8 Å². The Bertz CT molecular complexity index is 1110. The van der Waals surface area contributed by atoms with Crippen molar-refractivity contribution in [2.24, 2.45) is 34.6 Å². The Morgan fingerprint density at radius 3 is 2.82 bits per heavy atom. The number of nitrogens with zero attached hydrogens (tertiary/aromatic N) is 2. The van der Waals surface area contributed by atoms with Gasteiger partial charge in [-0.2, -0.15) is 0 Å². The zero-order valence-electron chi connectivity index (χ0n) is 18.6. The van der Waals surface area contributed by atoms with E-state index in [4.69, 9.17) is 4.74 Å². The second-order valence-electron chi connectivity index (χ2n) is 9.59. The summed E-state index contributed by atoms with van der Waals surface area (Å²) >= 11 is 0. The zero-order valence-corrected chi connectivity index (χ0v) is 18.6. The van der Waals surface area contributed by atoms with Crippen LogP contribution in [0.3, 0.4) is 0 Å². The van der Waals surface area contributed by atoms with E-state index in [0.717, 1.165) is 42.5 Å². The largest absolute Gasteiger partial charge is 0.462 e. The fraction of sp³-hybridized carbons (Fsp3) is 0.444. The van der Waals surface area contributed by atoms with Gasteiger partial charge >= 0.3 is 5.97 Å². The first-order chi connectivity index (χ1) is 16.0. The molecule has 6 heteroatoms. The Kier molecular flexibility index (Phi) is 5.94. The van der Waals surface area contributed by atoms with Crippen LogP contribution >= 0.6 is 0 Å². The van der Waals surface area contributed by atoms with E-state index in [1.807, 2.05) is 31.2 Å². The first kappa shape index (κ1) is 21.7. The van der Waals surface area contributed by atoms with Crippen molar-refractivity contribution < 1.29 is 18.7 Å². The third-order valence-electron chi connectivity index (χ3n) is 7.79. The number of allylic oxidation sites excluding steroid dienone is 1. The molecular weight excluding hydrogens is 419 g/mol. The molecule has 1 saturated heterocycles. The number of aromatic nitrogens is 1. The van der Waals surface area contributed by atoms with Crippen LogP contribution in [0.5, 0.6) is 0 Å². The number of hydrogen-bond donors (Lipinski definition) is 0. The quantitative estimate of drug-likeness (QED) is 0.367. The van der Waals surface area contributed by atoms with Gasteiger partial charge in [0.15, 0.2) is 0 Å². The zero-order chi connectivity index (χ0) is 22.9. The van der Waals surface area contributed by atoms with E-state index in [-0.39, 0.29) is 41.7 Å². The number of pyridine rings is 1. The first-order valence-corrected chi connectivity index (χ1v) is 11.7. The van der Waals surface area contributed by atoms with Gasteiger partial charge in [-0.05, 0) is 80.2 Å². The molecule has 2 aliphatic carbocycles. The van der Waals surface area contributed by atoms with Crippen molar-refractivity contribution in [1.29, 1.82) is 0 Å². The number of hydrogen-bond acceptors (Lipinski definition) is 5. The lowest BCUT2D eigenvalue weighted by Gasteiger charge is -2.46. The molecule has 7 atom stereocenters. The molecule has 2 aromatic rings. The highest BCUT2D eigenvalue weighted by atomic mass is 19.1. The molecule has 1 aromatic carbocycles. The van der Waals surface area contributed by atoms with Gasteiger partial charge in [-0.15, -0.1) is 0 Å². The molecule has 33 heavy (non-hydrogen) atoms. The van der Waals surface area contributed by atoms with Crippen molar-refractivity contribution in [3.8, 4) is 11.1 Å². The number of carbonyl (C=O) groups is 1. The smallest absolute Gasteiger partial charge is 0.309 e. The van der Waals surface area contributed by atoms with Crippen LogP contribution in [0.25, 0.3) is 17.2 Å². The topological polar surface area (TPSA) is 68.6 Å². The van der Waals surface area contributed by atoms with Crippen molar-refractivity contribution in [3.63, 3.8) is 0 Å². The van der Waals surface area contributed by atoms with Gasteiger partial charge in [-0.3, -0.25) is 9.78 Å². The molecule has 0 unspecified atom stereocenters. The van der Waals surface area contributed by atoms with E-state index in [1.54, 1.807) is 18.3 Å². The van der Waals surface area contributed by atoms with Crippen LogP contribution < -0.4 is 0 Å². The predicted octanol–water partition coefficient (Wildman–Crippen LogP) is 5.22. The summed E-state index contributed by atoms with van der Waals surface area (Å²) < 4.78 is 19.2. The summed E-state index contributed by atoms with van der Waals surface area (Å²) in [6.07, 6.45) is 11.1. The van der Waals surface area contributed by atoms with Crippen LogP contribution in [-0.4, -0.2) is 29.2 Å². The van der Waals surface area contributed by atoms with Gasteiger partial charge in [0.1, 0.15) is 11.9 Å². The number of ether oxygens (including phenoxy) is 1. The van der Waals surface area contributed by atoms with Crippen molar-refractivity contribution >= 4 is 18.1 Å². The molecule has 0 N–H and O–H groups in total. The second-order valence-corrected chi connectivity index (χ2v) is 9.59. The van der Waals surface area contributed by atoms with Crippen LogP contribution in [-0.2, 0) is 14.3 Å². The first-order valence-electron chi connectivity index (χ1n) is 11.7. The fourth-order valence-electron chi connectivity index (χ4n) is 6.34. The molecule has 1 aromatic heterocycles. The van der Waals surface area contributed by atoms with Gasteiger partial charge in [0.2, 0.25) is 6.08 Å². The van der Waals surface area contributed by atoms with Gasteiger partial charge in [0, 0.05) is 17.7 Å². The molecule has 3 aliphatic rings. The molecule has 5 nitrogen and oxygen atoms in total. The maximum Gasteiger partial charge on any atom is 0.309 e. The molecule has 2 saturated carbocycles. The van der Waals surface area contributed by atoms with E-state index < -0.39 is 0 Å². The third-order valence-corrected chi connectivity index (χ3v) is 7.79. The highest BCUT2D eigenvalue weighted by molar-refractivity contribution is 5.75. The molecule has 0 bridgehead atoms. The molecule has 5 rings (SSSR count). The van der Waals surface area contributed by atoms with Gasteiger partial charge in [0.25, 0.3) is 0 Å². The van der Waals surface area contributed by atoms with E-state index in [9.17, 15) is 14.0 Å². The van der Waals surface area contributed by atoms with Crippen LogP contribution in [0, 0.1) is 35.4 Å². The maximum absolute atomic E-state index is 13.5. The van der Waals surface area contributed by atoms with Crippen LogP contribution in [0.1, 0.15) is 38.3 Å². The lowest BCUT2D eigenvalue weighted by atomic mass is 9.57. The number of benzene rings is 1. The SMILES string of the molecule is C[C@H]1OC(=O)[C@@H]2C[C@@H]3C[C@H](N=C=O)CC[C@H]3[C@H](/C=C/c3ccc(-c4cccc(F)c4)cn3)[C@H]12. The summed E-state index contributed by atoms with van der Waals surface area (Å²) in [6, 6.07) is 10.4. The highest BCUT2D eigenvalue weighted by Crippen LogP contribution is 2.53. The molecule has 1 aliphatic heterocycles. The van der Waals surface area contributed by atoms with Crippen LogP contribution in [0.15, 0.2) is 53.7 Å². The summed E-state index contributed by atoms with van der Waals surface area (Å²) in [5.41, 5.74) is 2.48. The molecular formula is C27H27FN2O3. The number of rotatable bonds is 4. The second kappa shape index (κ2) is 9.03. The number of halogens is 1. The van der Waals surface area contributed by atoms with Crippen molar-refractivity contribution in [2.75, 3.05) is 0 Å². The molecule has 0 radical (unpaired) electrons. The average Bonchev–Trinajstić information content (AvgIpc) is 3.10. The molecule has 170 valence electrons. The summed E-state index contributed by atoms with van der Waals surface area (Å²) in [5, 5.41) is 0. The van der Waals surface area contributed by atoms with Crippen molar-refractivity contribution in [1.82, 2.24) is 4.98 Å². The number of carbonyl (C=O) groups excluding carboxylic acids is 2. The van der Waals surface area contributed by atoms with Crippen LogP contribution in [0.2, 0.25) is 0 Å². The van der Waals surface area contributed by atoms with Gasteiger partial charge in [0.05, 0.1) is 17.7 Å². The standard InChI is InChI=1S/C27H27FN2O3/c1-16-26-24(10-7-21-6-5-18(14-29-21)17-3-2-4-20(28)11-17)23-9-8-22(30-15-31)12-19(23)13-25(26)27(32)33-16/h2-7,10-11,14,16,19,22-26H,8-9,12-13H2,1H3/b10-7+/t16-,19+,22-,23-,24+,25-,26+/m1/s1.